The van der Waals surface area contributed by atoms with Crippen molar-refractivity contribution in [2.24, 2.45) is 0 Å². The van der Waals surface area contributed by atoms with Gasteiger partial charge in [-0.1, -0.05) is 15.9 Å². The molecule has 3 aromatic rings. The highest BCUT2D eigenvalue weighted by Crippen LogP contribution is 2.32. The van der Waals surface area contributed by atoms with Gasteiger partial charge in [-0.25, -0.2) is 4.79 Å². The van der Waals surface area contributed by atoms with Crippen molar-refractivity contribution in [2.75, 3.05) is 7.11 Å². The molecule has 1 heterocycles. The molecule has 2 aromatic carbocycles. The molecule has 0 aliphatic rings. The van der Waals surface area contributed by atoms with Crippen molar-refractivity contribution in [1.29, 1.82) is 0 Å². The van der Waals surface area contributed by atoms with Gasteiger partial charge in [0.15, 0.2) is 0 Å². The number of phenols is 1. The summed E-state index contributed by atoms with van der Waals surface area (Å²) in [7, 11) is 1.59. The normalized spacial score (nSPS) is 10.6. The molecule has 0 saturated carbocycles. The van der Waals surface area contributed by atoms with Gasteiger partial charge in [0.2, 0.25) is 0 Å². The van der Waals surface area contributed by atoms with Gasteiger partial charge in [-0.15, -0.1) is 0 Å². The summed E-state index contributed by atoms with van der Waals surface area (Å²) in [5.41, 5.74) is 3.00. The Balaban J connectivity index is 2.16. The second kappa shape index (κ2) is 6.49. The molecule has 24 heavy (non-hydrogen) atoms. The summed E-state index contributed by atoms with van der Waals surface area (Å²) in [4.78, 5) is 18.8. The maximum Gasteiger partial charge on any atom is 0.345 e. The summed E-state index contributed by atoms with van der Waals surface area (Å²) < 4.78 is 6.08. The Morgan fingerprint density at radius 3 is 2.67 bits per heavy atom. The molecule has 0 radical (unpaired) electrons. The van der Waals surface area contributed by atoms with E-state index < -0.39 is 5.69 Å². The van der Waals surface area contributed by atoms with Crippen LogP contribution in [0.15, 0.2) is 51.7 Å². The average molecular weight is 387 g/mol. The number of aryl methyl sites for hydroxylation is 1. The average Bonchev–Trinajstić information content (AvgIpc) is 2.57. The van der Waals surface area contributed by atoms with Gasteiger partial charge in [0, 0.05) is 15.6 Å². The van der Waals surface area contributed by atoms with E-state index >= 15 is 0 Å². The fourth-order valence-corrected chi connectivity index (χ4v) is 2.86. The monoisotopic (exact) mass is 386 g/mol. The highest BCUT2D eigenvalue weighted by Gasteiger charge is 2.10. The van der Waals surface area contributed by atoms with E-state index in [0.29, 0.717) is 17.1 Å². The Morgan fingerprint density at radius 1 is 1.17 bits per heavy atom. The molecule has 122 valence electrons. The second-order valence-electron chi connectivity index (χ2n) is 5.33. The fourth-order valence-electron chi connectivity index (χ4n) is 2.40. The van der Waals surface area contributed by atoms with Crippen LogP contribution in [0.5, 0.6) is 11.5 Å². The lowest BCUT2D eigenvalue weighted by molar-refractivity contribution is 0.415. The van der Waals surface area contributed by atoms with Crippen LogP contribution >= 0.6 is 15.9 Å². The number of hydrogen-bond acceptors (Lipinski definition) is 4. The van der Waals surface area contributed by atoms with E-state index in [1.807, 2.05) is 18.2 Å². The summed E-state index contributed by atoms with van der Waals surface area (Å²) in [5, 5.41) is 9.66. The van der Waals surface area contributed by atoms with E-state index in [1.165, 1.54) is 0 Å². The number of aromatic amines is 1. The highest BCUT2D eigenvalue weighted by atomic mass is 79.9. The van der Waals surface area contributed by atoms with E-state index in [1.54, 1.807) is 38.3 Å². The van der Waals surface area contributed by atoms with Crippen molar-refractivity contribution in [3.8, 4) is 34.0 Å². The quantitative estimate of drug-likeness (QED) is 0.715. The Bertz CT molecular complexity index is 967. The summed E-state index contributed by atoms with van der Waals surface area (Å²) in [6.07, 6.45) is 0. The number of aromatic nitrogens is 2. The molecule has 0 bridgehead atoms. The van der Waals surface area contributed by atoms with Crippen molar-refractivity contribution in [3.63, 3.8) is 0 Å². The summed E-state index contributed by atoms with van der Waals surface area (Å²) in [6, 6.07) is 12.4. The van der Waals surface area contributed by atoms with Crippen molar-refractivity contribution >= 4 is 15.9 Å². The third kappa shape index (κ3) is 3.19. The Kier molecular flexibility index (Phi) is 4.40. The smallest absolute Gasteiger partial charge is 0.345 e. The number of halogens is 1. The fraction of sp³-hybridized carbons (Fsp3) is 0.111. The largest absolute Gasteiger partial charge is 0.508 e. The van der Waals surface area contributed by atoms with Gasteiger partial charge >= 0.3 is 5.69 Å². The number of hydrogen-bond donors (Lipinski definition) is 2. The molecular formula is C18H15BrN2O3. The molecule has 3 rings (SSSR count). The molecule has 0 atom stereocenters. The zero-order valence-electron chi connectivity index (χ0n) is 13.1. The summed E-state index contributed by atoms with van der Waals surface area (Å²) >= 11 is 3.49. The number of nitrogens with one attached hydrogen (secondary N) is 1. The SMILES string of the molecule is COc1ccc(Br)c(-c2cc(-c3ccc(O)c(C)c3)nc(=O)[nH]2)c1. The molecule has 0 unspecified atom stereocenters. The van der Waals surface area contributed by atoms with Crippen LogP contribution in [0.25, 0.3) is 22.5 Å². The van der Waals surface area contributed by atoms with Crippen LogP contribution in [0.1, 0.15) is 5.56 Å². The van der Waals surface area contributed by atoms with Crippen molar-refractivity contribution in [2.45, 2.75) is 6.92 Å². The third-order valence-electron chi connectivity index (χ3n) is 3.70. The number of rotatable bonds is 3. The summed E-state index contributed by atoms with van der Waals surface area (Å²) in [6.45, 7) is 1.80. The van der Waals surface area contributed by atoms with Crippen LogP contribution in [0, 0.1) is 6.92 Å². The lowest BCUT2D eigenvalue weighted by Crippen LogP contribution is -2.12. The molecule has 5 nitrogen and oxygen atoms in total. The predicted octanol–water partition coefficient (Wildman–Crippen LogP) is 3.89. The maximum absolute atomic E-state index is 12.0. The minimum absolute atomic E-state index is 0.208. The van der Waals surface area contributed by atoms with Crippen molar-refractivity contribution < 1.29 is 9.84 Å². The minimum Gasteiger partial charge on any atom is -0.508 e. The standard InChI is InChI=1S/C18H15BrN2O3/c1-10-7-11(3-6-17(10)22)15-9-16(21-18(23)20-15)13-8-12(24-2)4-5-14(13)19/h3-9,22H,1-2H3,(H,20,21,23). The zero-order valence-corrected chi connectivity index (χ0v) is 14.7. The first-order valence-corrected chi connectivity index (χ1v) is 8.02. The van der Waals surface area contributed by atoms with E-state index in [2.05, 4.69) is 25.9 Å². The molecule has 2 N–H and O–H groups in total. The van der Waals surface area contributed by atoms with E-state index in [4.69, 9.17) is 4.74 Å². The zero-order chi connectivity index (χ0) is 17.3. The number of H-pyrrole nitrogens is 1. The lowest BCUT2D eigenvalue weighted by Gasteiger charge is -2.09. The number of benzene rings is 2. The molecule has 0 aliphatic carbocycles. The van der Waals surface area contributed by atoms with Crippen LogP contribution in [-0.2, 0) is 0 Å². The Hall–Kier alpha value is -2.60. The van der Waals surface area contributed by atoms with Gasteiger partial charge in [0.05, 0.1) is 18.5 Å². The van der Waals surface area contributed by atoms with E-state index in [9.17, 15) is 9.90 Å². The topological polar surface area (TPSA) is 75.2 Å². The van der Waals surface area contributed by atoms with Crippen molar-refractivity contribution in [3.05, 3.63) is 63.0 Å². The molecule has 0 amide bonds. The van der Waals surface area contributed by atoms with Crippen LogP contribution in [0.3, 0.4) is 0 Å². The van der Waals surface area contributed by atoms with Gasteiger partial charge in [0.25, 0.3) is 0 Å². The van der Waals surface area contributed by atoms with E-state index in [-0.39, 0.29) is 5.75 Å². The van der Waals surface area contributed by atoms with Crippen LogP contribution in [0.4, 0.5) is 0 Å². The molecule has 0 saturated heterocycles. The number of phenolic OH excluding ortho intramolecular Hbond substituents is 1. The number of methoxy groups -OCH3 is 1. The maximum atomic E-state index is 12.0. The first-order chi connectivity index (χ1) is 11.5. The Morgan fingerprint density at radius 2 is 1.96 bits per heavy atom. The van der Waals surface area contributed by atoms with Gasteiger partial charge < -0.3 is 14.8 Å². The lowest BCUT2D eigenvalue weighted by atomic mass is 10.1. The molecule has 0 spiro atoms. The first-order valence-electron chi connectivity index (χ1n) is 7.23. The molecule has 0 aliphatic heterocycles. The Labute approximate surface area is 147 Å². The molecule has 0 fully saturated rings. The van der Waals surface area contributed by atoms with Crippen LogP contribution in [0.2, 0.25) is 0 Å². The first kappa shape index (κ1) is 16.3. The van der Waals surface area contributed by atoms with Crippen LogP contribution in [-0.4, -0.2) is 22.2 Å². The van der Waals surface area contributed by atoms with Crippen LogP contribution < -0.4 is 10.4 Å². The number of aromatic hydroxyl groups is 1. The van der Waals surface area contributed by atoms with Gasteiger partial charge in [-0.3, -0.25) is 0 Å². The predicted molar refractivity (Wildman–Crippen MR) is 96.4 cm³/mol. The minimum atomic E-state index is -0.442. The third-order valence-corrected chi connectivity index (χ3v) is 4.39. The van der Waals surface area contributed by atoms with Crippen molar-refractivity contribution in [1.82, 2.24) is 9.97 Å². The highest BCUT2D eigenvalue weighted by molar-refractivity contribution is 9.10. The van der Waals surface area contributed by atoms with Gasteiger partial charge in [-0.05, 0) is 55.0 Å². The molecule has 1 aromatic heterocycles. The second-order valence-corrected chi connectivity index (χ2v) is 6.19. The van der Waals surface area contributed by atoms with Gasteiger partial charge in [-0.2, -0.15) is 4.98 Å². The molecule has 6 heteroatoms. The number of nitrogens with zero attached hydrogens (tertiary/aromatic N) is 1. The summed E-state index contributed by atoms with van der Waals surface area (Å²) in [5.74, 6) is 0.896. The number of ether oxygens (including phenoxy) is 1. The van der Waals surface area contributed by atoms with E-state index in [0.717, 1.165) is 21.2 Å². The van der Waals surface area contributed by atoms with Gasteiger partial charge in [0.1, 0.15) is 11.5 Å². The molecular weight excluding hydrogens is 372 g/mol.